The molecule has 0 unspecified atom stereocenters. The molecule has 2 aromatic carbocycles. The number of carbonyl (C=O) groups excluding carboxylic acids is 3. The topological polar surface area (TPSA) is 79.4 Å². The Hall–Kier alpha value is -3.22. The Balaban J connectivity index is 1.59. The minimum absolute atomic E-state index is 0.176. The van der Waals surface area contributed by atoms with Crippen LogP contribution in [0.15, 0.2) is 60.9 Å². The van der Waals surface area contributed by atoms with Gasteiger partial charge in [-0.05, 0) is 48.0 Å². The van der Waals surface area contributed by atoms with Crippen LogP contribution >= 0.6 is 23.2 Å². The first-order valence-electron chi connectivity index (χ1n) is 8.59. The van der Waals surface area contributed by atoms with Gasteiger partial charge < -0.3 is 10.2 Å². The van der Waals surface area contributed by atoms with Gasteiger partial charge in [0, 0.05) is 18.1 Å². The van der Waals surface area contributed by atoms with Crippen LogP contribution in [-0.4, -0.2) is 22.6 Å². The van der Waals surface area contributed by atoms with Gasteiger partial charge in [-0.2, -0.15) is 0 Å². The molecule has 0 spiro atoms. The van der Waals surface area contributed by atoms with Crippen LogP contribution in [0.5, 0.6) is 0 Å². The van der Waals surface area contributed by atoms with E-state index in [1.807, 2.05) is 0 Å². The SMILES string of the molecule is O=C(Nc1ccc2c(c1)C(=O)C(=O)N2Cc1ccc(Cl)c(Cl)c1)c1cccnc1. The van der Waals surface area contributed by atoms with Gasteiger partial charge in [-0.1, -0.05) is 29.3 Å². The summed E-state index contributed by atoms with van der Waals surface area (Å²) < 4.78 is 0. The van der Waals surface area contributed by atoms with Crippen LogP contribution in [0.2, 0.25) is 10.0 Å². The quantitative estimate of drug-likeness (QED) is 0.629. The first kappa shape index (κ1) is 19.1. The zero-order valence-corrected chi connectivity index (χ0v) is 16.4. The zero-order chi connectivity index (χ0) is 20.5. The van der Waals surface area contributed by atoms with E-state index >= 15 is 0 Å². The van der Waals surface area contributed by atoms with Gasteiger partial charge in [0.05, 0.1) is 33.4 Å². The summed E-state index contributed by atoms with van der Waals surface area (Å²) >= 11 is 12.0. The summed E-state index contributed by atoms with van der Waals surface area (Å²) in [6.45, 7) is 0.176. The second-order valence-corrected chi connectivity index (χ2v) is 7.21. The number of ketones is 1. The van der Waals surface area contributed by atoms with Gasteiger partial charge in [-0.3, -0.25) is 19.4 Å². The average Bonchev–Trinajstić information content (AvgIpc) is 2.96. The normalized spacial score (nSPS) is 12.8. The van der Waals surface area contributed by atoms with Crippen molar-refractivity contribution in [1.82, 2.24) is 4.98 Å². The summed E-state index contributed by atoms with van der Waals surface area (Å²) in [4.78, 5) is 42.5. The number of pyridine rings is 1. The number of nitrogens with zero attached hydrogens (tertiary/aromatic N) is 2. The van der Waals surface area contributed by atoms with Crippen LogP contribution < -0.4 is 10.2 Å². The summed E-state index contributed by atoms with van der Waals surface area (Å²) in [5.41, 5.74) is 2.25. The van der Waals surface area contributed by atoms with Gasteiger partial charge in [-0.15, -0.1) is 0 Å². The Morgan fingerprint density at radius 1 is 1.03 bits per heavy atom. The number of Topliss-reactive ketones (excluding diaryl/α,β-unsaturated/α-hetero) is 1. The van der Waals surface area contributed by atoms with Crippen molar-refractivity contribution in [3.63, 3.8) is 0 Å². The van der Waals surface area contributed by atoms with E-state index in [9.17, 15) is 14.4 Å². The number of anilines is 2. The molecule has 8 heteroatoms. The van der Waals surface area contributed by atoms with Crippen molar-refractivity contribution in [2.75, 3.05) is 10.2 Å². The Morgan fingerprint density at radius 3 is 2.59 bits per heavy atom. The highest BCUT2D eigenvalue weighted by atomic mass is 35.5. The molecule has 0 saturated heterocycles. The lowest BCUT2D eigenvalue weighted by Gasteiger charge is -2.17. The predicted octanol–water partition coefficient (Wildman–Crippen LogP) is 4.37. The van der Waals surface area contributed by atoms with E-state index in [4.69, 9.17) is 23.2 Å². The molecule has 0 saturated carbocycles. The Kier molecular flexibility index (Phi) is 5.05. The van der Waals surface area contributed by atoms with Gasteiger partial charge in [0.15, 0.2) is 0 Å². The third kappa shape index (κ3) is 3.72. The van der Waals surface area contributed by atoms with E-state index in [1.165, 1.54) is 17.2 Å². The molecule has 1 aliphatic rings. The number of nitrogens with one attached hydrogen (secondary N) is 1. The van der Waals surface area contributed by atoms with Crippen molar-refractivity contribution in [2.24, 2.45) is 0 Å². The second-order valence-electron chi connectivity index (χ2n) is 6.40. The monoisotopic (exact) mass is 425 g/mol. The molecule has 1 aromatic heterocycles. The number of hydrogen-bond donors (Lipinski definition) is 1. The van der Waals surface area contributed by atoms with Crippen molar-refractivity contribution < 1.29 is 14.4 Å². The molecule has 144 valence electrons. The van der Waals surface area contributed by atoms with Crippen LogP contribution in [0.3, 0.4) is 0 Å². The summed E-state index contributed by atoms with van der Waals surface area (Å²) in [5.74, 6) is -1.62. The van der Waals surface area contributed by atoms with E-state index in [0.717, 1.165) is 5.56 Å². The largest absolute Gasteiger partial charge is 0.322 e. The van der Waals surface area contributed by atoms with Crippen molar-refractivity contribution in [2.45, 2.75) is 6.54 Å². The maximum Gasteiger partial charge on any atom is 0.299 e. The van der Waals surface area contributed by atoms with Gasteiger partial charge in [-0.25, -0.2) is 0 Å². The highest BCUT2D eigenvalue weighted by molar-refractivity contribution is 6.52. The lowest BCUT2D eigenvalue weighted by Crippen LogP contribution is -2.29. The molecule has 6 nitrogen and oxygen atoms in total. The van der Waals surface area contributed by atoms with E-state index in [-0.39, 0.29) is 18.0 Å². The maximum absolute atomic E-state index is 12.5. The van der Waals surface area contributed by atoms with Gasteiger partial charge in [0.2, 0.25) is 0 Å². The molecule has 0 atom stereocenters. The fraction of sp³-hybridized carbons (Fsp3) is 0.0476. The van der Waals surface area contributed by atoms with Crippen LogP contribution in [0.25, 0.3) is 0 Å². The minimum Gasteiger partial charge on any atom is -0.322 e. The molecule has 1 aliphatic heterocycles. The Labute approximate surface area is 176 Å². The number of halogens is 2. The number of benzene rings is 2. The van der Waals surface area contributed by atoms with E-state index in [0.29, 0.717) is 27.0 Å². The first-order chi connectivity index (χ1) is 13.9. The molecular formula is C21H13Cl2N3O3. The van der Waals surface area contributed by atoms with Crippen LogP contribution in [0.1, 0.15) is 26.3 Å². The lowest BCUT2D eigenvalue weighted by atomic mass is 10.1. The molecule has 1 N–H and O–H groups in total. The summed E-state index contributed by atoms with van der Waals surface area (Å²) in [7, 11) is 0. The summed E-state index contributed by atoms with van der Waals surface area (Å²) in [6.07, 6.45) is 3.01. The number of carbonyl (C=O) groups is 3. The molecule has 29 heavy (non-hydrogen) atoms. The second kappa shape index (κ2) is 7.66. The van der Waals surface area contributed by atoms with E-state index in [1.54, 1.807) is 48.7 Å². The molecule has 0 fully saturated rings. The van der Waals surface area contributed by atoms with Gasteiger partial charge in [0.1, 0.15) is 0 Å². The summed E-state index contributed by atoms with van der Waals surface area (Å²) in [5, 5.41) is 3.49. The molecular weight excluding hydrogens is 413 g/mol. The molecule has 0 bridgehead atoms. The molecule has 3 aromatic rings. The first-order valence-corrected chi connectivity index (χ1v) is 9.35. The van der Waals surface area contributed by atoms with Crippen molar-refractivity contribution in [1.29, 1.82) is 0 Å². The van der Waals surface area contributed by atoms with Gasteiger partial charge >= 0.3 is 0 Å². The number of rotatable bonds is 4. The third-order valence-corrected chi connectivity index (χ3v) is 5.22. The molecule has 0 radical (unpaired) electrons. The van der Waals surface area contributed by atoms with Crippen molar-refractivity contribution >= 4 is 52.2 Å². The standard InChI is InChI=1S/C21H13Cl2N3O3/c22-16-5-3-12(8-17(16)23)11-26-18-6-4-14(9-15(18)19(27)21(26)29)25-20(28)13-2-1-7-24-10-13/h1-10H,11H2,(H,25,28). The molecule has 2 heterocycles. The van der Waals surface area contributed by atoms with Crippen LogP contribution in [0.4, 0.5) is 11.4 Å². The van der Waals surface area contributed by atoms with Crippen LogP contribution in [-0.2, 0) is 11.3 Å². The number of fused-ring (bicyclic) bond motifs is 1. The molecule has 4 rings (SSSR count). The number of amides is 2. The summed E-state index contributed by atoms with van der Waals surface area (Å²) in [6, 6.07) is 13.1. The smallest absolute Gasteiger partial charge is 0.299 e. The number of hydrogen-bond acceptors (Lipinski definition) is 4. The lowest BCUT2D eigenvalue weighted by molar-refractivity contribution is -0.114. The van der Waals surface area contributed by atoms with Crippen LogP contribution in [0, 0.1) is 0 Å². The Morgan fingerprint density at radius 2 is 1.86 bits per heavy atom. The third-order valence-electron chi connectivity index (χ3n) is 4.48. The van der Waals surface area contributed by atoms with E-state index < -0.39 is 11.7 Å². The zero-order valence-electron chi connectivity index (χ0n) is 14.9. The minimum atomic E-state index is -0.637. The number of aromatic nitrogens is 1. The fourth-order valence-electron chi connectivity index (χ4n) is 3.06. The average molecular weight is 426 g/mol. The van der Waals surface area contributed by atoms with Gasteiger partial charge in [0.25, 0.3) is 17.6 Å². The fourth-order valence-corrected chi connectivity index (χ4v) is 3.38. The van der Waals surface area contributed by atoms with Crippen molar-refractivity contribution in [3.05, 3.63) is 87.7 Å². The highest BCUT2D eigenvalue weighted by Gasteiger charge is 2.36. The van der Waals surface area contributed by atoms with E-state index in [2.05, 4.69) is 10.3 Å². The Bertz CT molecular complexity index is 1150. The molecule has 2 amide bonds. The van der Waals surface area contributed by atoms with Crippen molar-refractivity contribution in [3.8, 4) is 0 Å². The highest BCUT2D eigenvalue weighted by Crippen LogP contribution is 2.33. The predicted molar refractivity (Wildman–Crippen MR) is 111 cm³/mol. The maximum atomic E-state index is 12.5. The molecule has 0 aliphatic carbocycles.